The highest BCUT2D eigenvalue weighted by atomic mass is 32.2. The summed E-state index contributed by atoms with van der Waals surface area (Å²) in [5, 5.41) is 7.82. The Balaban J connectivity index is 1.40. The smallest absolute Gasteiger partial charge is 0.262 e. The van der Waals surface area contributed by atoms with Crippen LogP contribution in [0.15, 0.2) is 94.4 Å². The summed E-state index contributed by atoms with van der Waals surface area (Å²) in [5.74, 6) is 0. The lowest BCUT2D eigenvalue weighted by molar-refractivity contribution is -0.665. The van der Waals surface area contributed by atoms with Crippen molar-refractivity contribution in [2.45, 2.75) is 32.2 Å². The van der Waals surface area contributed by atoms with Crippen LogP contribution in [0.25, 0.3) is 37.8 Å². The number of benzene rings is 4. The molecule has 0 N–H and O–H groups in total. The number of aromatic nitrogens is 1. The van der Waals surface area contributed by atoms with Crippen molar-refractivity contribution in [3.05, 3.63) is 94.5 Å². The number of fused-ring (bicyclic) bond motifs is 4. The molecule has 1 aromatic heterocycles. The predicted molar refractivity (Wildman–Crippen MR) is 150 cm³/mol. The van der Waals surface area contributed by atoms with E-state index in [0.717, 1.165) is 13.1 Å². The summed E-state index contributed by atoms with van der Waals surface area (Å²) in [5.41, 5.74) is 3.92. The van der Waals surface area contributed by atoms with Crippen LogP contribution in [0, 0.1) is 0 Å². The molecule has 0 saturated carbocycles. The van der Waals surface area contributed by atoms with E-state index >= 15 is 0 Å². The van der Waals surface area contributed by atoms with Crippen molar-refractivity contribution in [1.29, 1.82) is 0 Å². The van der Waals surface area contributed by atoms with Crippen LogP contribution in [0.2, 0.25) is 0 Å². The van der Waals surface area contributed by atoms with Gasteiger partial charge in [-0.05, 0) is 72.2 Å². The van der Waals surface area contributed by atoms with Crippen molar-refractivity contribution in [3.63, 3.8) is 0 Å². The highest BCUT2D eigenvalue weighted by molar-refractivity contribution is 8.03. The minimum atomic E-state index is 0.960. The number of nitrogens with zero attached hydrogens (tertiary/aromatic N) is 2. The van der Waals surface area contributed by atoms with Crippen LogP contribution >= 0.6 is 23.1 Å². The summed E-state index contributed by atoms with van der Waals surface area (Å²) in [6, 6.07) is 26.6. The molecule has 0 aliphatic carbocycles. The first-order valence-corrected chi connectivity index (χ1v) is 13.5. The van der Waals surface area contributed by atoms with Gasteiger partial charge in [-0.1, -0.05) is 71.6 Å². The summed E-state index contributed by atoms with van der Waals surface area (Å²) in [6.45, 7) is 8.62. The molecule has 0 fully saturated rings. The van der Waals surface area contributed by atoms with E-state index in [4.69, 9.17) is 0 Å². The Labute approximate surface area is 208 Å². The van der Waals surface area contributed by atoms with Crippen LogP contribution < -0.4 is 9.47 Å². The lowest BCUT2D eigenvalue weighted by atomic mass is 10.1. The number of rotatable bonds is 4. The van der Waals surface area contributed by atoms with E-state index in [1.807, 2.05) is 23.1 Å². The maximum atomic E-state index is 2.44. The monoisotopic (exact) mass is 479 g/mol. The minimum absolute atomic E-state index is 0.960. The average Bonchev–Trinajstić information content (AvgIpc) is 3.35. The fraction of sp³-hybridized carbons (Fsp3) is 0.167. The third-order valence-electron chi connectivity index (χ3n) is 6.53. The standard InChI is InChI=1S/C30H27N2S2/c1-4-31-25-16-21-10-6-8-12-23(21)18-27(25)33-29(31)14-20(3)15-30-32(5-2)26-17-22-11-7-9-13-24(22)19-28(26)34-30/h6-19H,4-5H2,1-3H3/q+1. The van der Waals surface area contributed by atoms with E-state index in [1.54, 1.807) is 0 Å². The summed E-state index contributed by atoms with van der Waals surface area (Å²) >= 11 is 3.76. The summed E-state index contributed by atoms with van der Waals surface area (Å²) in [4.78, 5) is 3.78. The Morgan fingerprint density at radius 1 is 0.882 bits per heavy atom. The molecule has 0 saturated heterocycles. The van der Waals surface area contributed by atoms with E-state index in [9.17, 15) is 0 Å². The van der Waals surface area contributed by atoms with E-state index in [1.165, 1.54) is 58.0 Å². The SMILES string of the molecule is CCN1C(=CC(C)=Cc2sc3cc4ccccc4cc3[n+]2CC)Sc2cc3ccccc3cc21. The van der Waals surface area contributed by atoms with Crippen molar-refractivity contribution < 1.29 is 4.57 Å². The quantitative estimate of drug-likeness (QED) is 0.239. The maximum absolute atomic E-state index is 2.44. The van der Waals surface area contributed by atoms with Gasteiger partial charge in [0.1, 0.15) is 11.2 Å². The van der Waals surface area contributed by atoms with Gasteiger partial charge in [0.15, 0.2) is 0 Å². The van der Waals surface area contributed by atoms with E-state index < -0.39 is 0 Å². The molecule has 0 spiro atoms. The Hall–Kier alpha value is -3.08. The van der Waals surface area contributed by atoms with Gasteiger partial charge in [-0.3, -0.25) is 0 Å². The number of anilines is 1. The van der Waals surface area contributed by atoms with Crippen LogP contribution in [-0.4, -0.2) is 6.54 Å². The number of thioether (sulfide) groups is 1. The molecular formula is C30H27N2S2+. The van der Waals surface area contributed by atoms with E-state index in [2.05, 4.69) is 115 Å². The molecule has 0 bridgehead atoms. The molecule has 4 heteroatoms. The Morgan fingerprint density at radius 2 is 1.53 bits per heavy atom. The first-order valence-electron chi connectivity index (χ1n) is 11.9. The van der Waals surface area contributed by atoms with Crippen LogP contribution in [-0.2, 0) is 6.54 Å². The molecule has 1 aliphatic rings. The van der Waals surface area contributed by atoms with Gasteiger partial charge in [0, 0.05) is 23.6 Å². The summed E-state index contributed by atoms with van der Waals surface area (Å²) in [6.07, 6.45) is 4.69. The van der Waals surface area contributed by atoms with Gasteiger partial charge in [0.2, 0.25) is 5.52 Å². The summed E-state index contributed by atoms with van der Waals surface area (Å²) in [7, 11) is 0. The molecule has 6 rings (SSSR count). The first-order chi connectivity index (χ1) is 16.6. The van der Waals surface area contributed by atoms with Gasteiger partial charge in [0.25, 0.3) is 5.01 Å². The van der Waals surface area contributed by atoms with E-state index in [-0.39, 0.29) is 0 Å². The second-order valence-electron chi connectivity index (χ2n) is 8.74. The van der Waals surface area contributed by atoms with Gasteiger partial charge in [-0.2, -0.15) is 4.57 Å². The van der Waals surface area contributed by atoms with Crippen molar-refractivity contribution >= 4 is 66.6 Å². The molecule has 2 nitrogen and oxygen atoms in total. The van der Waals surface area contributed by atoms with Gasteiger partial charge in [-0.25, -0.2) is 0 Å². The third-order valence-corrected chi connectivity index (χ3v) is 8.72. The molecule has 4 aromatic carbocycles. The molecule has 168 valence electrons. The normalized spacial score (nSPS) is 15.2. The topological polar surface area (TPSA) is 7.12 Å². The Morgan fingerprint density at radius 3 is 2.21 bits per heavy atom. The Bertz CT molecular complexity index is 1620. The molecule has 0 atom stereocenters. The van der Waals surface area contributed by atoms with Crippen molar-refractivity contribution in [3.8, 4) is 0 Å². The van der Waals surface area contributed by atoms with Gasteiger partial charge in [0.05, 0.1) is 10.7 Å². The number of thiazole rings is 1. The van der Waals surface area contributed by atoms with E-state index in [0.29, 0.717) is 0 Å². The third kappa shape index (κ3) is 3.62. The first kappa shape index (κ1) is 21.5. The molecule has 2 heterocycles. The van der Waals surface area contributed by atoms with Crippen molar-refractivity contribution in [1.82, 2.24) is 0 Å². The van der Waals surface area contributed by atoms with Gasteiger partial charge >= 0.3 is 0 Å². The number of hydrogen-bond donors (Lipinski definition) is 0. The average molecular weight is 480 g/mol. The fourth-order valence-electron chi connectivity index (χ4n) is 4.87. The Kier molecular flexibility index (Phi) is 5.43. The van der Waals surface area contributed by atoms with Crippen LogP contribution in [0.1, 0.15) is 25.8 Å². The second kappa shape index (κ2) is 8.61. The largest absolute Gasteiger partial charge is 0.335 e. The van der Waals surface area contributed by atoms with Crippen LogP contribution in [0.3, 0.4) is 0 Å². The fourth-order valence-corrected chi connectivity index (χ4v) is 7.41. The second-order valence-corrected chi connectivity index (χ2v) is 10.9. The lowest BCUT2D eigenvalue weighted by Gasteiger charge is -2.18. The molecule has 1 aliphatic heterocycles. The molecule has 0 amide bonds. The predicted octanol–water partition coefficient (Wildman–Crippen LogP) is 8.39. The highest BCUT2D eigenvalue weighted by Crippen LogP contribution is 2.47. The molecule has 34 heavy (non-hydrogen) atoms. The highest BCUT2D eigenvalue weighted by Gasteiger charge is 2.25. The van der Waals surface area contributed by atoms with Crippen LogP contribution in [0.5, 0.6) is 0 Å². The maximum Gasteiger partial charge on any atom is 0.262 e. The van der Waals surface area contributed by atoms with Crippen molar-refractivity contribution in [2.24, 2.45) is 0 Å². The molecule has 0 unspecified atom stereocenters. The summed E-state index contributed by atoms with van der Waals surface area (Å²) < 4.78 is 3.78. The number of hydrogen-bond acceptors (Lipinski definition) is 3. The zero-order chi connectivity index (χ0) is 23.2. The number of aryl methyl sites for hydroxylation is 1. The molecular weight excluding hydrogens is 452 g/mol. The number of allylic oxidation sites excluding steroid dienone is 2. The molecule has 5 aromatic rings. The van der Waals surface area contributed by atoms with Gasteiger partial charge in [-0.15, -0.1) is 0 Å². The zero-order valence-electron chi connectivity index (χ0n) is 19.7. The zero-order valence-corrected chi connectivity index (χ0v) is 21.3. The van der Waals surface area contributed by atoms with Crippen molar-refractivity contribution in [2.75, 3.05) is 11.4 Å². The van der Waals surface area contributed by atoms with Crippen LogP contribution in [0.4, 0.5) is 5.69 Å². The van der Waals surface area contributed by atoms with Gasteiger partial charge < -0.3 is 4.90 Å². The molecule has 0 radical (unpaired) electrons. The minimum Gasteiger partial charge on any atom is -0.335 e. The lowest BCUT2D eigenvalue weighted by Crippen LogP contribution is -2.33.